The third kappa shape index (κ3) is 18.2. The van der Waals surface area contributed by atoms with Gasteiger partial charge in [0.2, 0.25) is 0 Å². The molecule has 0 fully saturated rings. The van der Waals surface area contributed by atoms with Crippen LogP contribution in [0.3, 0.4) is 0 Å². The van der Waals surface area contributed by atoms with Gasteiger partial charge in [0, 0.05) is 0 Å². The molecule has 0 heterocycles. The van der Waals surface area contributed by atoms with Crippen molar-refractivity contribution in [3.63, 3.8) is 0 Å². The maximum absolute atomic E-state index is 6.01. The molecular formula is C41H66O2. The molecule has 2 rings (SSSR count). The Balaban J connectivity index is 1.58. The highest BCUT2D eigenvalue weighted by Crippen LogP contribution is 2.23. The van der Waals surface area contributed by atoms with Gasteiger partial charge in [0.25, 0.3) is 0 Å². The zero-order valence-electron chi connectivity index (χ0n) is 28.6. The van der Waals surface area contributed by atoms with Gasteiger partial charge in [-0.25, -0.2) is 0 Å². The first-order valence-electron chi connectivity index (χ1n) is 18.3. The van der Waals surface area contributed by atoms with Crippen molar-refractivity contribution in [1.82, 2.24) is 0 Å². The van der Waals surface area contributed by atoms with Crippen LogP contribution in [0, 0.1) is 11.8 Å². The van der Waals surface area contributed by atoms with Crippen LogP contribution in [0.2, 0.25) is 0 Å². The van der Waals surface area contributed by atoms with E-state index in [9.17, 15) is 0 Å². The Morgan fingerprint density at radius 3 is 1.19 bits per heavy atom. The van der Waals surface area contributed by atoms with Gasteiger partial charge in [-0.05, 0) is 60.1 Å². The van der Waals surface area contributed by atoms with Gasteiger partial charge >= 0.3 is 0 Å². The topological polar surface area (TPSA) is 18.5 Å². The molecule has 2 heteroatoms. The quantitative estimate of drug-likeness (QED) is 0.0761. The fourth-order valence-corrected chi connectivity index (χ4v) is 6.19. The molecule has 0 bridgehead atoms. The standard InChI is InChI=1S/C41H66O2/c1-5-9-20-36(18-7-3)22-14-11-12-16-34-42-40-30-26-38(27-31-40)24-25-39-28-32-41(33-29-39)43-35-17-13-15-23-37(19-8-4)21-10-6-2/h24-33,36-37H,5-23,34-35H2,1-4H3. The number of benzene rings is 2. The molecule has 2 aromatic rings. The van der Waals surface area contributed by atoms with Gasteiger partial charge in [-0.1, -0.05) is 173 Å². The van der Waals surface area contributed by atoms with E-state index >= 15 is 0 Å². The van der Waals surface area contributed by atoms with Crippen LogP contribution in [-0.4, -0.2) is 13.2 Å². The van der Waals surface area contributed by atoms with E-state index in [1.54, 1.807) is 0 Å². The Morgan fingerprint density at radius 2 is 0.791 bits per heavy atom. The van der Waals surface area contributed by atoms with E-state index in [2.05, 4.69) is 88.4 Å². The van der Waals surface area contributed by atoms with Crippen molar-refractivity contribution in [2.45, 2.75) is 150 Å². The number of ether oxygens (including phenoxy) is 2. The molecule has 0 aliphatic heterocycles. The summed E-state index contributed by atoms with van der Waals surface area (Å²) in [4.78, 5) is 0. The lowest BCUT2D eigenvalue weighted by atomic mass is 9.91. The first-order valence-corrected chi connectivity index (χ1v) is 18.3. The predicted molar refractivity (Wildman–Crippen MR) is 190 cm³/mol. The first-order chi connectivity index (χ1) is 21.2. The molecule has 0 aromatic heterocycles. The van der Waals surface area contributed by atoms with Crippen molar-refractivity contribution in [2.24, 2.45) is 11.8 Å². The molecule has 0 aliphatic carbocycles. The molecule has 2 unspecified atom stereocenters. The maximum atomic E-state index is 6.01. The van der Waals surface area contributed by atoms with Gasteiger partial charge in [-0.15, -0.1) is 0 Å². The molecular weight excluding hydrogens is 524 g/mol. The molecule has 0 spiro atoms. The smallest absolute Gasteiger partial charge is 0.119 e. The monoisotopic (exact) mass is 591 g/mol. The van der Waals surface area contributed by atoms with Crippen LogP contribution in [0.4, 0.5) is 0 Å². The molecule has 0 aliphatic rings. The van der Waals surface area contributed by atoms with E-state index in [1.807, 2.05) is 0 Å². The van der Waals surface area contributed by atoms with Crippen molar-refractivity contribution in [1.29, 1.82) is 0 Å². The normalized spacial score (nSPS) is 12.9. The Labute approximate surface area is 267 Å². The van der Waals surface area contributed by atoms with Crippen LogP contribution in [0.25, 0.3) is 12.2 Å². The van der Waals surface area contributed by atoms with E-state index in [1.165, 1.54) is 120 Å². The molecule has 0 N–H and O–H groups in total. The minimum absolute atomic E-state index is 0.815. The summed E-state index contributed by atoms with van der Waals surface area (Å²) in [5.74, 6) is 3.83. The summed E-state index contributed by atoms with van der Waals surface area (Å²) in [6, 6.07) is 16.9. The second-order valence-corrected chi connectivity index (χ2v) is 12.8. The van der Waals surface area contributed by atoms with Crippen LogP contribution in [-0.2, 0) is 0 Å². The lowest BCUT2D eigenvalue weighted by molar-refractivity contribution is 0.299. The Hall–Kier alpha value is -2.22. The summed E-state index contributed by atoms with van der Waals surface area (Å²) in [6.07, 6.45) is 29.8. The highest BCUT2D eigenvalue weighted by atomic mass is 16.5. The summed E-state index contributed by atoms with van der Waals surface area (Å²) in [6.45, 7) is 10.9. The first kappa shape index (κ1) is 37.0. The maximum Gasteiger partial charge on any atom is 0.119 e. The van der Waals surface area contributed by atoms with Crippen LogP contribution >= 0.6 is 0 Å². The third-order valence-electron chi connectivity index (χ3n) is 8.86. The molecule has 2 atom stereocenters. The van der Waals surface area contributed by atoms with Crippen molar-refractivity contribution >= 4 is 12.2 Å². The Bertz CT molecular complexity index is 914. The van der Waals surface area contributed by atoms with E-state index in [0.29, 0.717) is 0 Å². The molecule has 0 radical (unpaired) electrons. The second kappa shape index (κ2) is 25.1. The fraction of sp³-hybridized carbons (Fsp3) is 0.659. The highest BCUT2D eigenvalue weighted by molar-refractivity contribution is 5.70. The summed E-state index contributed by atoms with van der Waals surface area (Å²) in [5.41, 5.74) is 2.38. The van der Waals surface area contributed by atoms with E-state index in [4.69, 9.17) is 9.47 Å². The number of unbranched alkanes of at least 4 members (excludes halogenated alkanes) is 7. The minimum atomic E-state index is 0.815. The number of rotatable bonds is 27. The zero-order chi connectivity index (χ0) is 30.8. The van der Waals surface area contributed by atoms with E-state index in [-0.39, 0.29) is 0 Å². The zero-order valence-corrected chi connectivity index (χ0v) is 28.6. The third-order valence-corrected chi connectivity index (χ3v) is 8.86. The fourth-order valence-electron chi connectivity index (χ4n) is 6.19. The van der Waals surface area contributed by atoms with Gasteiger partial charge in [0.05, 0.1) is 13.2 Å². The molecule has 2 aromatic carbocycles. The van der Waals surface area contributed by atoms with Crippen LogP contribution < -0.4 is 9.47 Å². The van der Waals surface area contributed by atoms with Crippen LogP contribution in [0.15, 0.2) is 48.5 Å². The molecule has 0 saturated heterocycles. The number of hydrogen-bond acceptors (Lipinski definition) is 2. The minimum Gasteiger partial charge on any atom is -0.494 e. The average molecular weight is 591 g/mol. The molecule has 242 valence electrons. The highest BCUT2D eigenvalue weighted by Gasteiger charge is 2.08. The summed E-state index contributed by atoms with van der Waals surface area (Å²) >= 11 is 0. The molecule has 2 nitrogen and oxygen atoms in total. The average Bonchev–Trinajstić information content (AvgIpc) is 3.03. The van der Waals surface area contributed by atoms with Crippen molar-refractivity contribution in [2.75, 3.05) is 13.2 Å². The van der Waals surface area contributed by atoms with Crippen molar-refractivity contribution < 1.29 is 9.47 Å². The van der Waals surface area contributed by atoms with Crippen molar-refractivity contribution in [3.05, 3.63) is 59.7 Å². The van der Waals surface area contributed by atoms with E-state index in [0.717, 1.165) is 49.4 Å². The molecule has 43 heavy (non-hydrogen) atoms. The van der Waals surface area contributed by atoms with E-state index < -0.39 is 0 Å². The summed E-state index contributed by atoms with van der Waals surface area (Å²) in [5, 5.41) is 0. The van der Waals surface area contributed by atoms with Crippen LogP contribution in [0.1, 0.15) is 161 Å². The summed E-state index contributed by atoms with van der Waals surface area (Å²) in [7, 11) is 0. The predicted octanol–water partition coefficient (Wildman–Crippen LogP) is 13.3. The van der Waals surface area contributed by atoms with Gasteiger partial charge in [-0.3, -0.25) is 0 Å². The number of hydrogen-bond donors (Lipinski definition) is 0. The Morgan fingerprint density at radius 1 is 0.419 bits per heavy atom. The summed E-state index contributed by atoms with van der Waals surface area (Å²) < 4.78 is 12.0. The lowest BCUT2D eigenvalue weighted by Crippen LogP contribution is -2.02. The van der Waals surface area contributed by atoms with Gasteiger partial charge < -0.3 is 9.47 Å². The molecule has 0 amide bonds. The SMILES string of the molecule is CCCCC(CCC)CCCCCCOc1ccc(C=Cc2ccc(OCCCCCC(CCC)CCCC)cc2)cc1. The van der Waals surface area contributed by atoms with Crippen molar-refractivity contribution in [3.8, 4) is 11.5 Å². The Kier molecular flexibility index (Phi) is 21.6. The molecule has 0 saturated carbocycles. The van der Waals surface area contributed by atoms with Gasteiger partial charge in [-0.2, -0.15) is 0 Å². The largest absolute Gasteiger partial charge is 0.494 e. The van der Waals surface area contributed by atoms with Gasteiger partial charge in [0.1, 0.15) is 11.5 Å². The van der Waals surface area contributed by atoms with Crippen LogP contribution in [0.5, 0.6) is 11.5 Å². The lowest BCUT2D eigenvalue weighted by Gasteiger charge is -2.15. The second-order valence-electron chi connectivity index (χ2n) is 12.8. The van der Waals surface area contributed by atoms with Gasteiger partial charge in [0.15, 0.2) is 0 Å².